The maximum atomic E-state index is 6.05. The molecule has 0 bridgehead atoms. The van der Waals surface area contributed by atoms with Crippen molar-refractivity contribution in [2.24, 2.45) is 0 Å². The topological polar surface area (TPSA) is 63.7 Å². The van der Waals surface area contributed by atoms with Gasteiger partial charge in [0.05, 0.1) is 28.9 Å². The van der Waals surface area contributed by atoms with Gasteiger partial charge in [0.15, 0.2) is 5.16 Å². The van der Waals surface area contributed by atoms with Gasteiger partial charge in [0.25, 0.3) is 0 Å². The Morgan fingerprint density at radius 2 is 2.14 bits per heavy atom. The average Bonchev–Trinajstić information content (AvgIpc) is 2.85. The van der Waals surface area contributed by atoms with Crippen molar-refractivity contribution in [3.63, 3.8) is 0 Å². The highest BCUT2D eigenvalue weighted by atomic mass is 35.5. The van der Waals surface area contributed by atoms with Crippen molar-refractivity contribution in [2.75, 3.05) is 6.61 Å². The molecule has 0 aliphatic carbocycles. The Labute approximate surface area is 135 Å². The van der Waals surface area contributed by atoms with Crippen LogP contribution in [0.5, 0.6) is 5.75 Å². The van der Waals surface area contributed by atoms with E-state index < -0.39 is 0 Å². The highest BCUT2D eigenvalue weighted by Gasteiger charge is 2.10. The molecule has 0 spiro atoms. The molecule has 2 heterocycles. The lowest BCUT2D eigenvalue weighted by molar-refractivity contribution is 0.340. The van der Waals surface area contributed by atoms with E-state index in [-0.39, 0.29) is 5.28 Å². The van der Waals surface area contributed by atoms with Crippen LogP contribution in [-0.2, 0) is 0 Å². The summed E-state index contributed by atoms with van der Waals surface area (Å²) in [6, 6.07) is 5.69. The van der Waals surface area contributed by atoms with E-state index in [1.165, 1.54) is 18.0 Å². The number of H-pyrrole nitrogens is 1. The van der Waals surface area contributed by atoms with Crippen LogP contribution in [0.25, 0.3) is 11.0 Å². The number of nitrogens with zero attached hydrogens (tertiary/aromatic N) is 3. The van der Waals surface area contributed by atoms with Gasteiger partial charge in [0.1, 0.15) is 10.8 Å². The third-order valence-electron chi connectivity index (χ3n) is 2.62. The maximum absolute atomic E-state index is 6.05. The molecule has 108 valence electrons. The molecule has 2 aromatic heterocycles. The molecule has 0 saturated heterocycles. The van der Waals surface area contributed by atoms with Gasteiger partial charge in [-0.25, -0.2) is 15.0 Å². The fraction of sp³-hybridized carbons (Fsp3) is 0.154. The lowest BCUT2D eigenvalue weighted by Crippen LogP contribution is -1.90. The molecule has 5 nitrogen and oxygen atoms in total. The number of fused-ring (bicyclic) bond motifs is 1. The molecule has 0 fully saturated rings. The molecular formula is C13H10Cl2N4OS. The lowest BCUT2D eigenvalue weighted by Gasteiger charge is -2.00. The van der Waals surface area contributed by atoms with Crippen molar-refractivity contribution >= 4 is 46.0 Å². The second-order valence-corrected chi connectivity index (χ2v) is 5.77. The highest BCUT2D eigenvalue weighted by molar-refractivity contribution is 7.99. The average molecular weight is 341 g/mol. The Balaban J connectivity index is 1.92. The summed E-state index contributed by atoms with van der Waals surface area (Å²) < 4.78 is 5.46. The predicted octanol–water partition coefficient (Wildman–Crippen LogP) is 4.21. The first-order valence-electron chi connectivity index (χ1n) is 6.14. The Hall–Kier alpha value is -1.50. The third-order valence-corrected chi connectivity index (χ3v) is 4.08. The number of aromatic nitrogens is 4. The number of benzene rings is 1. The van der Waals surface area contributed by atoms with Crippen LogP contribution in [0.1, 0.15) is 6.92 Å². The fourth-order valence-electron chi connectivity index (χ4n) is 1.76. The maximum Gasteiger partial charge on any atom is 0.223 e. The molecule has 0 unspecified atom stereocenters. The number of nitrogens with one attached hydrogen (secondary N) is 1. The molecular weight excluding hydrogens is 331 g/mol. The summed E-state index contributed by atoms with van der Waals surface area (Å²) in [4.78, 5) is 15.6. The van der Waals surface area contributed by atoms with E-state index >= 15 is 0 Å². The Morgan fingerprint density at radius 1 is 1.29 bits per heavy atom. The molecule has 0 atom stereocenters. The van der Waals surface area contributed by atoms with Crippen LogP contribution in [-0.4, -0.2) is 26.5 Å². The number of imidazole rings is 1. The molecule has 3 rings (SSSR count). The minimum absolute atomic E-state index is 0.150. The van der Waals surface area contributed by atoms with Crippen molar-refractivity contribution in [1.29, 1.82) is 0 Å². The summed E-state index contributed by atoms with van der Waals surface area (Å²) in [6.07, 6.45) is 1.47. The summed E-state index contributed by atoms with van der Waals surface area (Å²) in [5.41, 5.74) is 1.73. The summed E-state index contributed by atoms with van der Waals surface area (Å²) in [5.74, 6) is 0.799. The molecule has 1 aromatic carbocycles. The first-order valence-corrected chi connectivity index (χ1v) is 7.71. The van der Waals surface area contributed by atoms with Crippen LogP contribution in [0, 0.1) is 0 Å². The Bertz CT molecular complexity index is 793. The molecule has 1 N–H and O–H groups in total. The first-order chi connectivity index (χ1) is 10.2. The summed E-state index contributed by atoms with van der Waals surface area (Å²) in [7, 11) is 0. The fourth-order valence-corrected chi connectivity index (χ4v) is 2.93. The van der Waals surface area contributed by atoms with Crippen LogP contribution in [0.3, 0.4) is 0 Å². The molecule has 0 aliphatic rings. The van der Waals surface area contributed by atoms with E-state index in [1.54, 1.807) is 0 Å². The van der Waals surface area contributed by atoms with E-state index in [2.05, 4.69) is 19.9 Å². The molecule has 0 radical (unpaired) electrons. The third kappa shape index (κ3) is 3.23. The van der Waals surface area contributed by atoms with Gasteiger partial charge in [-0.15, -0.1) is 0 Å². The van der Waals surface area contributed by atoms with Gasteiger partial charge < -0.3 is 9.72 Å². The summed E-state index contributed by atoms with van der Waals surface area (Å²) >= 11 is 13.1. The monoisotopic (exact) mass is 340 g/mol. The predicted molar refractivity (Wildman–Crippen MR) is 83.4 cm³/mol. The van der Waals surface area contributed by atoms with Gasteiger partial charge >= 0.3 is 0 Å². The zero-order chi connectivity index (χ0) is 14.8. The van der Waals surface area contributed by atoms with Crippen LogP contribution >= 0.6 is 35.0 Å². The minimum atomic E-state index is 0.150. The number of rotatable bonds is 4. The largest absolute Gasteiger partial charge is 0.494 e. The van der Waals surface area contributed by atoms with Gasteiger partial charge in [-0.2, -0.15) is 0 Å². The van der Waals surface area contributed by atoms with Gasteiger partial charge in [-0.1, -0.05) is 11.6 Å². The van der Waals surface area contributed by atoms with Crippen molar-refractivity contribution in [3.8, 4) is 5.75 Å². The zero-order valence-electron chi connectivity index (χ0n) is 10.9. The Kier molecular flexibility index (Phi) is 4.19. The van der Waals surface area contributed by atoms with E-state index in [1.807, 2.05) is 25.1 Å². The molecule has 0 saturated carbocycles. The molecule has 0 amide bonds. The standard InChI is InChI=1S/C13H10Cl2N4OS/c1-2-20-7-3-4-9-10(5-7)18-13(17-9)21-11-8(14)6-16-12(15)19-11/h3-6H,2H2,1H3,(H,17,18). The van der Waals surface area contributed by atoms with Gasteiger partial charge in [0, 0.05) is 6.07 Å². The van der Waals surface area contributed by atoms with Gasteiger partial charge in [-0.05, 0) is 42.4 Å². The zero-order valence-corrected chi connectivity index (χ0v) is 13.3. The SMILES string of the molecule is CCOc1ccc2nc(Sc3nc(Cl)ncc3Cl)[nH]c2c1. The number of hydrogen-bond donors (Lipinski definition) is 1. The minimum Gasteiger partial charge on any atom is -0.494 e. The van der Waals surface area contributed by atoms with Gasteiger partial charge in [0.2, 0.25) is 5.28 Å². The van der Waals surface area contributed by atoms with Crippen molar-refractivity contribution in [3.05, 3.63) is 34.7 Å². The number of ether oxygens (including phenoxy) is 1. The number of aromatic amines is 1. The first kappa shape index (κ1) is 14.4. The van der Waals surface area contributed by atoms with Crippen molar-refractivity contribution in [2.45, 2.75) is 17.1 Å². The lowest BCUT2D eigenvalue weighted by atomic mass is 10.3. The second kappa shape index (κ2) is 6.09. The highest BCUT2D eigenvalue weighted by Crippen LogP contribution is 2.31. The summed E-state index contributed by atoms with van der Waals surface area (Å²) in [6.45, 7) is 2.57. The van der Waals surface area contributed by atoms with Crippen molar-refractivity contribution in [1.82, 2.24) is 19.9 Å². The molecule has 3 aromatic rings. The van der Waals surface area contributed by atoms with E-state index in [9.17, 15) is 0 Å². The molecule has 8 heteroatoms. The second-order valence-electron chi connectivity index (χ2n) is 4.05. The number of hydrogen-bond acceptors (Lipinski definition) is 5. The van der Waals surface area contributed by atoms with E-state index in [4.69, 9.17) is 27.9 Å². The van der Waals surface area contributed by atoms with Crippen LogP contribution < -0.4 is 4.74 Å². The van der Waals surface area contributed by atoms with Gasteiger partial charge in [-0.3, -0.25) is 0 Å². The summed E-state index contributed by atoms with van der Waals surface area (Å²) in [5, 5.41) is 1.81. The smallest absolute Gasteiger partial charge is 0.223 e. The Morgan fingerprint density at radius 3 is 2.95 bits per heavy atom. The van der Waals surface area contributed by atoms with Crippen LogP contribution in [0.2, 0.25) is 10.3 Å². The molecule has 0 aliphatic heterocycles. The van der Waals surface area contributed by atoms with E-state index in [0.717, 1.165) is 16.8 Å². The normalized spacial score (nSPS) is 11.0. The number of halogens is 2. The quantitative estimate of drug-likeness (QED) is 0.569. The van der Waals surface area contributed by atoms with Crippen LogP contribution in [0.4, 0.5) is 0 Å². The van der Waals surface area contributed by atoms with Crippen LogP contribution in [0.15, 0.2) is 34.6 Å². The van der Waals surface area contributed by atoms with E-state index in [0.29, 0.717) is 21.8 Å². The van der Waals surface area contributed by atoms with Crippen molar-refractivity contribution < 1.29 is 4.74 Å². The molecule has 21 heavy (non-hydrogen) atoms.